The first-order valence-corrected chi connectivity index (χ1v) is 11.1. The molecular formula is C22H29N5O3. The molecule has 2 aromatic rings. The first-order chi connectivity index (χ1) is 14.7. The number of aromatic nitrogens is 3. The molecule has 0 aromatic carbocycles. The van der Waals surface area contributed by atoms with Crippen molar-refractivity contribution < 1.29 is 14.1 Å². The molecule has 0 radical (unpaired) electrons. The van der Waals surface area contributed by atoms with Crippen LogP contribution in [0, 0.1) is 12.8 Å². The summed E-state index contributed by atoms with van der Waals surface area (Å²) in [4.78, 5) is 26.8. The Labute approximate surface area is 176 Å². The number of piperidine rings is 1. The molecule has 0 bridgehead atoms. The number of carbonyl (C=O) groups excluding carboxylic acids is 1. The molecule has 1 amide bonds. The number of anilines is 1. The molecule has 2 aliphatic heterocycles. The molecule has 1 atom stereocenters. The number of aryl methyl sites for hydroxylation is 1. The zero-order valence-corrected chi connectivity index (χ0v) is 17.5. The van der Waals surface area contributed by atoms with Crippen LogP contribution in [0.15, 0.2) is 16.8 Å². The van der Waals surface area contributed by atoms with Crippen molar-refractivity contribution >= 4 is 11.9 Å². The van der Waals surface area contributed by atoms with Gasteiger partial charge in [-0.15, -0.1) is 0 Å². The van der Waals surface area contributed by atoms with Crippen molar-refractivity contribution in [1.29, 1.82) is 0 Å². The zero-order chi connectivity index (χ0) is 20.5. The van der Waals surface area contributed by atoms with Crippen LogP contribution in [0.1, 0.15) is 49.4 Å². The van der Waals surface area contributed by atoms with Gasteiger partial charge < -0.3 is 19.1 Å². The van der Waals surface area contributed by atoms with Gasteiger partial charge in [-0.3, -0.25) is 4.79 Å². The van der Waals surface area contributed by atoms with Crippen LogP contribution in [0.5, 0.6) is 0 Å². The number of carbonyl (C=O) groups is 1. The number of ether oxygens (including phenoxy) is 1. The van der Waals surface area contributed by atoms with Gasteiger partial charge >= 0.3 is 0 Å². The van der Waals surface area contributed by atoms with E-state index in [4.69, 9.17) is 14.2 Å². The Morgan fingerprint density at radius 2 is 1.97 bits per heavy atom. The predicted octanol–water partition coefficient (Wildman–Crippen LogP) is 2.78. The summed E-state index contributed by atoms with van der Waals surface area (Å²) in [7, 11) is 0. The van der Waals surface area contributed by atoms with E-state index in [2.05, 4.69) is 19.9 Å². The van der Waals surface area contributed by atoms with Crippen LogP contribution >= 0.6 is 0 Å². The van der Waals surface area contributed by atoms with Crippen molar-refractivity contribution in [2.75, 3.05) is 44.3 Å². The smallest absolute Gasteiger partial charge is 0.225 e. The van der Waals surface area contributed by atoms with E-state index in [9.17, 15) is 4.79 Å². The maximum Gasteiger partial charge on any atom is 0.225 e. The molecule has 3 fully saturated rings. The summed E-state index contributed by atoms with van der Waals surface area (Å²) in [6, 6.07) is 1.93. The van der Waals surface area contributed by atoms with Gasteiger partial charge in [-0.2, -0.15) is 0 Å². The molecule has 0 N–H and O–H groups in total. The second-order valence-corrected chi connectivity index (χ2v) is 8.65. The van der Waals surface area contributed by atoms with Gasteiger partial charge in [0.2, 0.25) is 11.9 Å². The summed E-state index contributed by atoms with van der Waals surface area (Å²) in [5.41, 5.74) is 2.68. The van der Waals surface area contributed by atoms with Crippen LogP contribution in [0.3, 0.4) is 0 Å². The van der Waals surface area contributed by atoms with Gasteiger partial charge in [0.1, 0.15) is 0 Å². The third-order valence-corrected chi connectivity index (χ3v) is 6.57. The van der Waals surface area contributed by atoms with Crippen molar-refractivity contribution in [1.82, 2.24) is 20.0 Å². The zero-order valence-electron chi connectivity index (χ0n) is 17.5. The molecule has 1 aliphatic carbocycles. The SMILES string of the molecule is Cc1cc(-c2cnc(N3CCOCC3)nc2[C@@H]2CCCN(C(=O)C3CCC3)C2)on1. The number of nitrogens with zero attached hydrogens (tertiary/aromatic N) is 5. The summed E-state index contributed by atoms with van der Waals surface area (Å²) in [5, 5.41) is 4.05. The molecule has 4 heterocycles. The largest absolute Gasteiger partial charge is 0.378 e. The molecule has 8 nitrogen and oxygen atoms in total. The second-order valence-electron chi connectivity index (χ2n) is 8.65. The molecule has 3 aliphatic rings. The van der Waals surface area contributed by atoms with E-state index in [-0.39, 0.29) is 11.8 Å². The maximum absolute atomic E-state index is 12.9. The molecule has 5 rings (SSSR count). The van der Waals surface area contributed by atoms with Crippen molar-refractivity contribution in [3.8, 4) is 11.3 Å². The van der Waals surface area contributed by atoms with Crippen molar-refractivity contribution in [2.24, 2.45) is 5.92 Å². The summed E-state index contributed by atoms with van der Waals surface area (Å²) >= 11 is 0. The van der Waals surface area contributed by atoms with Crippen molar-refractivity contribution in [2.45, 2.75) is 44.9 Å². The van der Waals surface area contributed by atoms with E-state index >= 15 is 0 Å². The quantitative estimate of drug-likeness (QED) is 0.765. The number of morpholine rings is 1. The van der Waals surface area contributed by atoms with Gasteiger partial charge in [-0.05, 0) is 32.6 Å². The van der Waals surface area contributed by atoms with Gasteiger partial charge in [0, 0.05) is 50.3 Å². The number of likely N-dealkylation sites (tertiary alicyclic amines) is 1. The third kappa shape index (κ3) is 3.80. The van der Waals surface area contributed by atoms with Crippen LogP contribution in [0.4, 0.5) is 5.95 Å². The lowest BCUT2D eigenvalue weighted by Gasteiger charge is -2.37. The minimum atomic E-state index is 0.172. The lowest BCUT2D eigenvalue weighted by atomic mass is 9.83. The average molecular weight is 412 g/mol. The van der Waals surface area contributed by atoms with Crippen LogP contribution in [0.2, 0.25) is 0 Å². The number of hydrogen-bond acceptors (Lipinski definition) is 7. The maximum atomic E-state index is 12.9. The van der Waals surface area contributed by atoms with Gasteiger partial charge in [-0.25, -0.2) is 9.97 Å². The van der Waals surface area contributed by atoms with Gasteiger partial charge in [0.05, 0.1) is 30.2 Å². The third-order valence-electron chi connectivity index (χ3n) is 6.57. The average Bonchev–Trinajstić information content (AvgIpc) is 3.19. The van der Waals surface area contributed by atoms with E-state index in [1.807, 2.05) is 19.2 Å². The Kier molecular flexibility index (Phi) is 5.41. The molecule has 160 valence electrons. The fourth-order valence-corrected chi connectivity index (χ4v) is 4.61. The normalized spacial score (nSPS) is 22.8. The Hall–Kier alpha value is -2.48. The van der Waals surface area contributed by atoms with Crippen LogP contribution in [-0.4, -0.2) is 65.3 Å². The van der Waals surface area contributed by atoms with E-state index in [1.165, 1.54) is 6.42 Å². The summed E-state index contributed by atoms with van der Waals surface area (Å²) in [6.07, 6.45) is 7.12. The molecule has 2 saturated heterocycles. The van der Waals surface area contributed by atoms with Crippen molar-refractivity contribution in [3.05, 3.63) is 23.7 Å². The molecule has 8 heteroatoms. The molecule has 0 unspecified atom stereocenters. The first-order valence-electron chi connectivity index (χ1n) is 11.1. The molecule has 0 spiro atoms. The van der Waals surface area contributed by atoms with Crippen LogP contribution in [-0.2, 0) is 9.53 Å². The minimum absolute atomic E-state index is 0.172. The summed E-state index contributed by atoms with van der Waals surface area (Å²) in [6.45, 7) is 6.44. The van der Waals surface area contributed by atoms with Gasteiger partial charge in [0.25, 0.3) is 0 Å². The Bertz CT molecular complexity index is 904. The topological polar surface area (TPSA) is 84.6 Å². The molecule has 30 heavy (non-hydrogen) atoms. The molecule has 1 saturated carbocycles. The first kappa shape index (κ1) is 19.5. The molecular weight excluding hydrogens is 382 g/mol. The highest BCUT2D eigenvalue weighted by molar-refractivity contribution is 5.79. The fourth-order valence-electron chi connectivity index (χ4n) is 4.61. The number of amides is 1. The Balaban J connectivity index is 1.46. The van der Waals surface area contributed by atoms with Crippen molar-refractivity contribution in [3.63, 3.8) is 0 Å². The highest BCUT2D eigenvalue weighted by Crippen LogP contribution is 2.36. The predicted molar refractivity (Wildman–Crippen MR) is 111 cm³/mol. The minimum Gasteiger partial charge on any atom is -0.378 e. The van der Waals surface area contributed by atoms with Crippen LogP contribution < -0.4 is 4.90 Å². The highest BCUT2D eigenvalue weighted by atomic mass is 16.5. The van der Waals surface area contributed by atoms with E-state index < -0.39 is 0 Å². The Morgan fingerprint density at radius 3 is 2.67 bits per heavy atom. The van der Waals surface area contributed by atoms with E-state index in [0.29, 0.717) is 24.9 Å². The van der Waals surface area contributed by atoms with E-state index in [1.54, 1.807) is 0 Å². The number of rotatable bonds is 4. The lowest BCUT2D eigenvalue weighted by molar-refractivity contribution is -0.139. The lowest BCUT2D eigenvalue weighted by Crippen LogP contribution is -2.44. The van der Waals surface area contributed by atoms with Crippen LogP contribution in [0.25, 0.3) is 11.3 Å². The van der Waals surface area contributed by atoms with Gasteiger partial charge in [0.15, 0.2) is 5.76 Å². The Morgan fingerprint density at radius 1 is 1.13 bits per heavy atom. The van der Waals surface area contributed by atoms with E-state index in [0.717, 1.165) is 74.8 Å². The number of hydrogen-bond donors (Lipinski definition) is 0. The van der Waals surface area contributed by atoms with Gasteiger partial charge in [-0.1, -0.05) is 11.6 Å². The second kappa shape index (κ2) is 8.34. The highest BCUT2D eigenvalue weighted by Gasteiger charge is 2.34. The summed E-state index contributed by atoms with van der Waals surface area (Å²) in [5.74, 6) is 2.15. The molecule has 2 aromatic heterocycles. The fraction of sp³-hybridized carbons (Fsp3) is 0.636. The monoisotopic (exact) mass is 411 g/mol. The summed E-state index contributed by atoms with van der Waals surface area (Å²) < 4.78 is 11.0. The standard InChI is InChI=1S/C22H29N5O3/c1-15-12-19(30-25-15)18-13-23-22(26-8-10-29-11-9-26)24-20(18)17-6-3-7-27(14-17)21(28)16-4-2-5-16/h12-13,16-17H,2-11,14H2,1H3/t17-/m1/s1.